The van der Waals surface area contributed by atoms with Gasteiger partial charge in [0.05, 0.1) is 31.5 Å². The van der Waals surface area contributed by atoms with Crippen LogP contribution in [0.25, 0.3) is 0 Å². The molecule has 0 unspecified atom stereocenters. The maximum atomic E-state index is 13.7. The lowest BCUT2D eigenvalue weighted by Gasteiger charge is -2.32. The molecule has 216 valence electrons. The van der Waals surface area contributed by atoms with Crippen LogP contribution in [-0.2, 0) is 18.9 Å². The quantitative estimate of drug-likeness (QED) is 0.160. The molecule has 0 spiro atoms. The van der Waals surface area contributed by atoms with Gasteiger partial charge >= 0.3 is 24.4 Å². The number of amides is 4. The molecule has 0 aliphatic rings. The molecule has 0 saturated carbocycles. The predicted molar refractivity (Wildman–Crippen MR) is 138 cm³/mol. The second-order valence-electron chi connectivity index (χ2n) is 8.98. The van der Waals surface area contributed by atoms with E-state index in [4.69, 9.17) is 23.7 Å². The van der Waals surface area contributed by atoms with Gasteiger partial charge in [0.1, 0.15) is 5.75 Å². The third kappa shape index (κ3) is 10.5. The number of benzene rings is 1. The highest BCUT2D eigenvalue weighted by Gasteiger charge is 2.43. The Morgan fingerprint density at radius 3 is 1.46 bits per heavy atom. The van der Waals surface area contributed by atoms with Crippen molar-refractivity contribution in [2.45, 2.75) is 79.8 Å². The topological polar surface area (TPSA) is 162 Å². The van der Waals surface area contributed by atoms with Crippen molar-refractivity contribution < 1.29 is 47.7 Å². The van der Waals surface area contributed by atoms with Gasteiger partial charge in [-0.25, -0.2) is 24.6 Å². The number of hydrogen-bond acceptors (Lipinski definition) is 11. The molecule has 0 heterocycles. The van der Waals surface area contributed by atoms with Crippen LogP contribution in [0.2, 0.25) is 0 Å². The number of Topliss-reactive ketones (excluding diaryl/α,β-unsaturated/α-hetero) is 1. The number of rotatable bonds is 8. The highest BCUT2D eigenvalue weighted by molar-refractivity contribution is 6.47. The largest absolute Gasteiger partial charge is 0.497 e. The second-order valence-corrected chi connectivity index (χ2v) is 8.98. The van der Waals surface area contributed by atoms with Crippen molar-refractivity contribution in [3.8, 4) is 5.75 Å². The molecule has 0 aliphatic carbocycles. The first-order valence-corrected chi connectivity index (χ1v) is 12.1. The van der Waals surface area contributed by atoms with Gasteiger partial charge < -0.3 is 23.7 Å². The standard InChI is InChI=1S/C25H36N4O10/c1-14(2)36-22(31)27-26-21(20(30)18-10-12-19(35-9)13-11-18)28(23(32)37-15(3)4)29(24(33)38-16(5)6)25(34)39-17(7)8/h10-17H,1-9H3,(H,27,31)/b26-21+. The molecule has 1 N–H and O–H groups in total. The van der Waals surface area contributed by atoms with Crippen molar-refractivity contribution in [1.82, 2.24) is 15.4 Å². The minimum absolute atomic E-state index is 0.0506. The summed E-state index contributed by atoms with van der Waals surface area (Å²) in [6.07, 6.45) is -8.01. The Hall–Kier alpha value is -4.36. The van der Waals surface area contributed by atoms with E-state index in [9.17, 15) is 24.0 Å². The number of methoxy groups -OCH3 is 1. The van der Waals surface area contributed by atoms with Crippen molar-refractivity contribution in [3.63, 3.8) is 0 Å². The molecule has 1 rings (SSSR count). The first kappa shape index (κ1) is 32.7. The number of nitrogens with zero attached hydrogens (tertiary/aromatic N) is 3. The van der Waals surface area contributed by atoms with Crippen LogP contribution in [0.3, 0.4) is 0 Å². The first-order chi connectivity index (χ1) is 18.2. The van der Waals surface area contributed by atoms with Gasteiger partial charge in [-0.05, 0) is 79.7 Å². The van der Waals surface area contributed by atoms with Crippen molar-refractivity contribution in [1.29, 1.82) is 0 Å². The molecule has 0 bridgehead atoms. The van der Waals surface area contributed by atoms with E-state index >= 15 is 0 Å². The monoisotopic (exact) mass is 552 g/mol. The molecule has 0 fully saturated rings. The molecule has 0 atom stereocenters. The number of imide groups is 1. The normalized spacial score (nSPS) is 11.3. The number of carbonyl (C=O) groups is 5. The number of ketones is 1. The van der Waals surface area contributed by atoms with Crippen LogP contribution in [0.1, 0.15) is 65.7 Å². The van der Waals surface area contributed by atoms with Crippen molar-refractivity contribution >= 4 is 36.0 Å². The fourth-order valence-corrected chi connectivity index (χ4v) is 2.66. The lowest BCUT2D eigenvalue weighted by molar-refractivity contribution is -0.0110. The fraction of sp³-hybridized carbons (Fsp3) is 0.520. The number of hydrogen-bond donors (Lipinski definition) is 1. The lowest BCUT2D eigenvalue weighted by atomic mass is 10.1. The van der Waals surface area contributed by atoms with E-state index in [0.717, 1.165) is 0 Å². The van der Waals surface area contributed by atoms with E-state index < -0.39 is 60.4 Å². The molecule has 0 aliphatic heterocycles. The number of hydrazine groups is 1. The summed E-state index contributed by atoms with van der Waals surface area (Å²) in [5.74, 6) is -1.49. The van der Waals surface area contributed by atoms with Gasteiger partial charge in [0.2, 0.25) is 11.6 Å². The summed E-state index contributed by atoms with van der Waals surface area (Å²) in [6, 6.07) is 5.61. The van der Waals surface area contributed by atoms with Crippen LogP contribution in [0.5, 0.6) is 5.75 Å². The van der Waals surface area contributed by atoms with Crippen LogP contribution in [0.4, 0.5) is 19.2 Å². The lowest BCUT2D eigenvalue weighted by Crippen LogP contribution is -2.59. The Balaban J connectivity index is 3.85. The summed E-state index contributed by atoms with van der Waals surface area (Å²) in [5.41, 5.74) is 1.94. The van der Waals surface area contributed by atoms with Gasteiger partial charge in [-0.2, -0.15) is 0 Å². The van der Waals surface area contributed by atoms with Gasteiger partial charge in [-0.1, -0.05) is 0 Å². The number of hydrazone groups is 1. The molecular weight excluding hydrogens is 516 g/mol. The zero-order valence-electron chi connectivity index (χ0n) is 23.5. The molecule has 0 aromatic heterocycles. The highest BCUT2D eigenvalue weighted by Crippen LogP contribution is 2.17. The molecule has 14 heteroatoms. The Morgan fingerprint density at radius 2 is 1.08 bits per heavy atom. The minimum atomic E-state index is -1.38. The number of ether oxygens (including phenoxy) is 5. The maximum absolute atomic E-state index is 13.7. The van der Waals surface area contributed by atoms with Gasteiger partial charge in [0.15, 0.2) is 0 Å². The van der Waals surface area contributed by atoms with E-state index in [-0.39, 0.29) is 15.6 Å². The Labute approximate surface area is 227 Å². The van der Waals surface area contributed by atoms with E-state index in [1.807, 2.05) is 5.43 Å². The molecule has 39 heavy (non-hydrogen) atoms. The third-order valence-corrected chi connectivity index (χ3v) is 4.08. The van der Waals surface area contributed by atoms with Crippen molar-refractivity contribution in [3.05, 3.63) is 29.8 Å². The first-order valence-electron chi connectivity index (χ1n) is 12.1. The van der Waals surface area contributed by atoms with E-state index in [2.05, 4.69) is 5.10 Å². The second kappa shape index (κ2) is 15.1. The van der Waals surface area contributed by atoms with Gasteiger partial charge in [-0.3, -0.25) is 4.79 Å². The van der Waals surface area contributed by atoms with Gasteiger partial charge in [-0.15, -0.1) is 15.1 Å². The SMILES string of the molecule is COc1ccc(C(=O)/C(=N\NC(=O)OC(C)C)N(C(=O)OC(C)C)N(C(=O)OC(C)C)C(=O)OC(C)C)cc1. The maximum Gasteiger partial charge on any atom is 0.439 e. The Bertz CT molecular complexity index is 1030. The minimum Gasteiger partial charge on any atom is -0.497 e. The third-order valence-electron chi connectivity index (χ3n) is 4.08. The van der Waals surface area contributed by atoms with Crippen molar-refractivity contribution in [2.24, 2.45) is 5.10 Å². The average Bonchev–Trinajstić information content (AvgIpc) is 2.81. The zero-order chi connectivity index (χ0) is 29.9. The predicted octanol–water partition coefficient (Wildman–Crippen LogP) is 4.48. The molecule has 4 amide bonds. The average molecular weight is 553 g/mol. The molecule has 0 radical (unpaired) electrons. The summed E-state index contributed by atoms with van der Waals surface area (Å²) in [7, 11) is 1.43. The number of amidine groups is 1. The summed E-state index contributed by atoms with van der Waals surface area (Å²) in [6.45, 7) is 12.2. The van der Waals surface area contributed by atoms with Gasteiger partial charge in [0.25, 0.3) is 0 Å². The van der Waals surface area contributed by atoms with E-state index in [0.29, 0.717) is 5.75 Å². The molecule has 1 aromatic rings. The zero-order valence-corrected chi connectivity index (χ0v) is 23.5. The highest BCUT2D eigenvalue weighted by atomic mass is 16.6. The van der Waals surface area contributed by atoms with Crippen LogP contribution in [0, 0.1) is 0 Å². The molecule has 1 aromatic carbocycles. The number of carbonyl (C=O) groups excluding carboxylic acids is 5. The Kier molecular flexibility index (Phi) is 12.7. The Morgan fingerprint density at radius 1 is 0.667 bits per heavy atom. The number of nitrogens with one attached hydrogen (secondary N) is 1. The smallest absolute Gasteiger partial charge is 0.439 e. The van der Waals surface area contributed by atoms with Crippen LogP contribution in [-0.4, -0.2) is 77.5 Å². The van der Waals surface area contributed by atoms with Crippen LogP contribution >= 0.6 is 0 Å². The molecular formula is C25H36N4O10. The van der Waals surface area contributed by atoms with Gasteiger partial charge in [0, 0.05) is 5.56 Å². The molecule has 0 saturated heterocycles. The van der Waals surface area contributed by atoms with Crippen LogP contribution < -0.4 is 10.2 Å². The molecule has 14 nitrogen and oxygen atoms in total. The summed E-state index contributed by atoms with van der Waals surface area (Å²) >= 11 is 0. The van der Waals surface area contributed by atoms with E-state index in [1.54, 1.807) is 13.8 Å². The van der Waals surface area contributed by atoms with Crippen molar-refractivity contribution in [2.75, 3.05) is 7.11 Å². The fourth-order valence-electron chi connectivity index (χ4n) is 2.66. The summed E-state index contributed by atoms with van der Waals surface area (Å²) in [4.78, 5) is 65.4. The van der Waals surface area contributed by atoms with Crippen LogP contribution in [0.15, 0.2) is 29.4 Å². The summed E-state index contributed by atoms with van der Waals surface area (Å²) < 4.78 is 25.6. The summed E-state index contributed by atoms with van der Waals surface area (Å²) in [5, 5.41) is 4.11. The van der Waals surface area contributed by atoms with E-state index in [1.165, 1.54) is 72.9 Å².